The summed E-state index contributed by atoms with van der Waals surface area (Å²) in [5, 5.41) is 8.02. The largest absolute Gasteiger partial charge is 0.466 e. The summed E-state index contributed by atoms with van der Waals surface area (Å²) in [6.45, 7) is 2.13. The molecule has 0 amide bonds. The van der Waals surface area contributed by atoms with Crippen LogP contribution in [0, 0.1) is 0 Å². The van der Waals surface area contributed by atoms with Gasteiger partial charge in [-0.2, -0.15) is 5.10 Å². The topological polar surface area (TPSA) is 76.5 Å². The summed E-state index contributed by atoms with van der Waals surface area (Å²) in [4.78, 5) is 20.0. The van der Waals surface area contributed by atoms with E-state index in [-0.39, 0.29) is 12.4 Å². The van der Waals surface area contributed by atoms with Crippen LogP contribution in [0.25, 0.3) is 10.9 Å². The molecule has 1 N–H and O–H groups in total. The van der Waals surface area contributed by atoms with E-state index in [9.17, 15) is 4.79 Å². The molecule has 3 rings (SSSR count). The van der Waals surface area contributed by atoms with Crippen LogP contribution in [0.2, 0.25) is 5.02 Å². The minimum absolute atomic E-state index is 0.152. The van der Waals surface area contributed by atoms with Crippen LogP contribution in [0.1, 0.15) is 18.2 Å². The molecule has 0 atom stereocenters. The van der Waals surface area contributed by atoms with Crippen LogP contribution in [0.3, 0.4) is 0 Å². The van der Waals surface area contributed by atoms with Gasteiger partial charge in [0.15, 0.2) is 0 Å². The number of ether oxygens (including phenoxy) is 1. The van der Waals surface area contributed by atoms with Gasteiger partial charge < -0.3 is 4.74 Å². The minimum Gasteiger partial charge on any atom is -0.466 e. The first-order valence-electron chi connectivity index (χ1n) is 7.59. The van der Waals surface area contributed by atoms with Crippen molar-refractivity contribution >= 4 is 51.2 Å². The Morgan fingerprint density at radius 1 is 1.44 bits per heavy atom. The van der Waals surface area contributed by atoms with Crippen molar-refractivity contribution in [2.45, 2.75) is 13.3 Å². The molecular weight excluding hydrogens is 360 g/mol. The number of rotatable bonds is 6. The average molecular weight is 375 g/mol. The van der Waals surface area contributed by atoms with E-state index in [1.165, 1.54) is 11.3 Å². The molecule has 8 heteroatoms. The molecular formula is C17H15ClN4O2S. The maximum atomic E-state index is 11.4. The summed E-state index contributed by atoms with van der Waals surface area (Å²) in [7, 11) is 0. The maximum Gasteiger partial charge on any atom is 0.311 e. The molecule has 6 nitrogen and oxygen atoms in total. The van der Waals surface area contributed by atoms with Crippen LogP contribution < -0.4 is 5.43 Å². The van der Waals surface area contributed by atoms with E-state index >= 15 is 0 Å². The van der Waals surface area contributed by atoms with E-state index < -0.39 is 0 Å². The van der Waals surface area contributed by atoms with Gasteiger partial charge in [-0.05, 0) is 31.2 Å². The Morgan fingerprint density at radius 2 is 2.32 bits per heavy atom. The maximum absolute atomic E-state index is 11.4. The number of nitrogens with one attached hydrogen (secondary N) is 1. The molecule has 0 fully saturated rings. The Morgan fingerprint density at radius 3 is 3.16 bits per heavy atom. The number of pyridine rings is 1. The van der Waals surface area contributed by atoms with Crippen molar-refractivity contribution < 1.29 is 9.53 Å². The first kappa shape index (κ1) is 17.3. The third kappa shape index (κ3) is 4.32. The number of carbonyl (C=O) groups is 1. The molecule has 0 saturated carbocycles. The zero-order chi connectivity index (χ0) is 17.6. The highest BCUT2D eigenvalue weighted by Crippen LogP contribution is 2.25. The number of carbonyl (C=O) groups excluding carboxylic acids is 1. The summed E-state index contributed by atoms with van der Waals surface area (Å²) in [6.07, 6.45) is 3.50. The van der Waals surface area contributed by atoms with E-state index in [4.69, 9.17) is 16.3 Å². The first-order chi connectivity index (χ1) is 12.2. The fraction of sp³-hybridized carbons (Fsp3) is 0.176. The van der Waals surface area contributed by atoms with E-state index in [1.54, 1.807) is 24.7 Å². The Hall–Kier alpha value is -2.51. The molecule has 0 aliphatic rings. The molecule has 128 valence electrons. The highest BCUT2D eigenvalue weighted by molar-refractivity contribution is 7.13. The normalized spacial score (nSPS) is 11.1. The number of hydrazone groups is 1. The fourth-order valence-corrected chi connectivity index (χ4v) is 3.12. The van der Waals surface area contributed by atoms with Gasteiger partial charge in [-0.3, -0.25) is 15.2 Å². The highest BCUT2D eigenvalue weighted by Gasteiger charge is 2.08. The van der Waals surface area contributed by atoms with Crippen LogP contribution >= 0.6 is 22.9 Å². The van der Waals surface area contributed by atoms with E-state index in [0.717, 1.165) is 16.5 Å². The van der Waals surface area contributed by atoms with E-state index in [0.29, 0.717) is 22.5 Å². The molecule has 0 aliphatic heterocycles. The number of hydrogen-bond donors (Lipinski definition) is 1. The molecule has 2 aromatic heterocycles. The lowest BCUT2D eigenvalue weighted by atomic mass is 10.1. The van der Waals surface area contributed by atoms with Gasteiger partial charge in [0.1, 0.15) is 0 Å². The second-order valence-electron chi connectivity index (χ2n) is 5.03. The van der Waals surface area contributed by atoms with Crippen molar-refractivity contribution in [1.29, 1.82) is 0 Å². The molecule has 3 aromatic rings. The molecule has 25 heavy (non-hydrogen) atoms. The number of benzene rings is 1. The lowest BCUT2D eigenvalue weighted by Crippen LogP contribution is -2.07. The van der Waals surface area contributed by atoms with E-state index in [1.807, 2.05) is 24.3 Å². The van der Waals surface area contributed by atoms with Crippen molar-refractivity contribution in [3.8, 4) is 0 Å². The third-order valence-corrected chi connectivity index (χ3v) is 4.51. The van der Waals surface area contributed by atoms with Crippen molar-refractivity contribution in [2.75, 3.05) is 12.0 Å². The van der Waals surface area contributed by atoms with Gasteiger partial charge in [0.2, 0.25) is 5.13 Å². The number of halogens is 1. The lowest BCUT2D eigenvalue weighted by Gasteiger charge is -2.02. The zero-order valence-corrected chi connectivity index (χ0v) is 15.0. The number of anilines is 1. The van der Waals surface area contributed by atoms with Gasteiger partial charge in [-0.1, -0.05) is 11.6 Å². The summed E-state index contributed by atoms with van der Waals surface area (Å²) in [6, 6.07) is 7.51. The monoisotopic (exact) mass is 374 g/mol. The molecule has 0 radical (unpaired) electrons. The van der Waals surface area contributed by atoms with Crippen LogP contribution in [0.15, 0.2) is 40.9 Å². The molecule has 0 spiro atoms. The molecule has 0 unspecified atom stereocenters. The van der Waals surface area contributed by atoms with Crippen molar-refractivity contribution in [3.05, 3.63) is 52.1 Å². The smallest absolute Gasteiger partial charge is 0.311 e. The van der Waals surface area contributed by atoms with Gasteiger partial charge in [0.05, 0.1) is 35.5 Å². The van der Waals surface area contributed by atoms with E-state index in [2.05, 4.69) is 20.5 Å². The Kier molecular flexibility index (Phi) is 5.57. The molecule has 0 saturated heterocycles. The van der Waals surface area contributed by atoms with Crippen molar-refractivity contribution in [2.24, 2.45) is 5.10 Å². The van der Waals surface area contributed by atoms with Gasteiger partial charge in [-0.15, -0.1) is 11.3 Å². The number of nitrogens with zero attached hydrogens (tertiary/aromatic N) is 3. The van der Waals surface area contributed by atoms with Crippen LogP contribution in [-0.2, 0) is 16.0 Å². The van der Waals surface area contributed by atoms with Crippen molar-refractivity contribution in [1.82, 2.24) is 9.97 Å². The summed E-state index contributed by atoms with van der Waals surface area (Å²) in [5.74, 6) is -0.292. The second-order valence-corrected chi connectivity index (χ2v) is 6.27. The van der Waals surface area contributed by atoms with Gasteiger partial charge in [0.25, 0.3) is 0 Å². The molecule has 0 aliphatic carbocycles. The molecule has 1 aromatic carbocycles. The Bertz CT molecular complexity index is 926. The minimum atomic E-state index is -0.292. The van der Waals surface area contributed by atoms with Crippen LogP contribution in [0.5, 0.6) is 0 Å². The number of aromatic nitrogens is 2. The average Bonchev–Trinajstić information content (AvgIpc) is 3.04. The van der Waals surface area contributed by atoms with Gasteiger partial charge in [0, 0.05) is 22.5 Å². The second kappa shape index (κ2) is 8.04. The predicted molar refractivity (Wildman–Crippen MR) is 100 cm³/mol. The summed E-state index contributed by atoms with van der Waals surface area (Å²) >= 11 is 7.76. The van der Waals surface area contributed by atoms with Gasteiger partial charge in [-0.25, -0.2) is 4.98 Å². The molecule has 2 heterocycles. The zero-order valence-electron chi connectivity index (χ0n) is 13.4. The highest BCUT2D eigenvalue weighted by atomic mass is 35.5. The SMILES string of the molecule is CCOC(=O)Cc1csc(NN=Cc2ccc3ncccc3c2Cl)n1. The van der Waals surface area contributed by atoms with Crippen molar-refractivity contribution in [3.63, 3.8) is 0 Å². The Labute approximate surface area is 153 Å². The third-order valence-electron chi connectivity index (χ3n) is 3.30. The number of esters is 1. The number of fused-ring (bicyclic) bond motifs is 1. The Balaban J connectivity index is 1.67. The quantitative estimate of drug-likeness (QED) is 0.402. The van der Waals surface area contributed by atoms with Crippen LogP contribution in [-0.4, -0.2) is 28.8 Å². The summed E-state index contributed by atoms with van der Waals surface area (Å²) in [5.41, 5.74) is 5.10. The standard InChI is InChI=1S/C17H15ClN4O2S/c1-2-24-15(23)8-12-10-25-17(21-12)22-20-9-11-5-6-14-13(16(11)18)4-3-7-19-14/h3-7,9-10H,2,8H2,1H3,(H,21,22). The predicted octanol–water partition coefficient (Wildman–Crippen LogP) is 3.90. The fourth-order valence-electron chi connectivity index (χ4n) is 2.19. The number of hydrogen-bond acceptors (Lipinski definition) is 7. The van der Waals surface area contributed by atoms with Gasteiger partial charge >= 0.3 is 5.97 Å². The first-order valence-corrected chi connectivity index (χ1v) is 8.85. The number of thiazole rings is 1. The molecule has 0 bridgehead atoms. The summed E-state index contributed by atoms with van der Waals surface area (Å²) < 4.78 is 4.90. The lowest BCUT2D eigenvalue weighted by molar-refractivity contribution is -0.142. The van der Waals surface area contributed by atoms with Crippen LogP contribution in [0.4, 0.5) is 5.13 Å².